The standard InChI is InChI=1S/C16H25NS/c1-4-7-8-9-16(17-5-2)14-10-12-15(13-11-14)18-6-3/h4,10-13,16-17H,1,5-9H2,2-3H3. The number of rotatable bonds is 9. The number of nitrogens with one attached hydrogen (secondary N) is 1. The van der Waals surface area contributed by atoms with Crippen molar-refractivity contribution < 1.29 is 0 Å². The summed E-state index contributed by atoms with van der Waals surface area (Å²) in [6, 6.07) is 9.48. The van der Waals surface area contributed by atoms with Crippen LogP contribution in [0.1, 0.15) is 44.7 Å². The molecule has 0 bridgehead atoms. The Morgan fingerprint density at radius 1 is 1.28 bits per heavy atom. The van der Waals surface area contributed by atoms with Gasteiger partial charge in [-0.05, 0) is 49.3 Å². The van der Waals surface area contributed by atoms with Crippen LogP contribution in [-0.2, 0) is 0 Å². The lowest BCUT2D eigenvalue weighted by Crippen LogP contribution is -2.20. The zero-order valence-electron chi connectivity index (χ0n) is 11.6. The summed E-state index contributed by atoms with van der Waals surface area (Å²) in [5.74, 6) is 1.13. The molecule has 0 spiro atoms. The summed E-state index contributed by atoms with van der Waals surface area (Å²) in [4.78, 5) is 1.36. The van der Waals surface area contributed by atoms with Gasteiger partial charge >= 0.3 is 0 Å². The van der Waals surface area contributed by atoms with Crippen LogP contribution in [0.15, 0.2) is 41.8 Å². The van der Waals surface area contributed by atoms with E-state index in [0.717, 1.165) is 18.7 Å². The zero-order chi connectivity index (χ0) is 13.2. The molecule has 1 aromatic carbocycles. The quantitative estimate of drug-likeness (QED) is 0.390. The predicted octanol–water partition coefficient (Wildman–Crippen LogP) is 4.81. The Balaban J connectivity index is 2.62. The normalized spacial score (nSPS) is 12.3. The second kappa shape index (κ2) is 9.23. The van der Waals surface area contributed by atoms with Gasteiger partial charge < -0.3 is 5.32 Å². The van der Waals surface area contributed by atoms with E-state index in [2.05, 4.69) is 50.0 Å². The molecule has 18 heavy (non-hydrogen) atoms. The molecule has 0 radical (unpaired) electrons. The van der Waals surface area contributed by atoms with Gasteiger partial charge in [-0.1, -0.05) is 32.1 Å². The molecule has 2 heteroatoms. The van der Waals surface area contributed by atoms with Crippen LogP contribution >= 0.6 is 11.8 Å². The third kappa shape index (κ3) is 5.28. The van der Waals surface area contributed by atoms with Crippen LogP contribution in [0.25, 0.3) is 0 Å². The second-order valence-electron chi connectivity index (χ2n) is 4.33. The first-order valence-electron chi connectivity index (χ1n) is 6.88. The minimum absolute atomic E-state index is 0.482. The molecule has 0 aliphatic heterocycles. The van der Waals surface area contributed by atoms with Crippen LogP contribution in [0.5, 0.6) is 0 Å². The van der Waals surface area contributed by atoms with Gasteiger partial charge in [-0.25, -0.2) is 0 Å². The zero-order valence-corrected chi connectivity index (χ0v) is 12.4. The predicted molar refractivity (Wildman–Crippen MR) is 83.3 cm³/mol. The third-order valence-corrected chi connectivity index (χ3v) is 3.84. The first kappa shape index (κ1) is 15.3. The summed E-state index contributed by atoms with van der Waals surface area (Å²) in [6.07, 6.45) is 5.49. The van der Waals surface area contributed by atoms with E-state index in [9.17, 15) is 0 Å². The molecule has 0 aliphatic rings. The minimum Gasteiger partial charge on any atom is -0.310 e. The molecular weight excluding hydrogens is 238 g/mol. The van der Waals surface area contributed by atoms with Crippen LogP contribution in [-0.4, -0.2) is 12.3 Å². The maximum absolute atomic E-state index is 3.79. The fraction of sp³-hybridized carbons (Fsp3) is 0.500. The Bertz CT molecular complexity index is 331. The molecule has 1 aromatic rings. The molecule has 1 atom stereocenters. The fourth-order valence-corrected chi connectivity index (χ4v) is 2.72. The molecule has 0 amide bonds. The van der Waals surface area contributed by atoms with Gasteiger partial charge in [0.1, 0.15) is 0 Å². The van der Waals surface area contributed by atoms with Gasteiger partial charge in [-0.3, -0.25) is 0 Å². The summed E-state index contributed by atoms with van der Waals surface area (Å²) in [5.41, 5.74) is 1.40. The maximum Gasteiger partial charge on any atom is 0.0320 e. The molecule has 0 fully saturated rings. The van der Waals surface area contributed by atoms with Crippen molar-refractivity contribution in [3.8, 4) is 0 Å². The van der Waals surface area contributed by atoms with Crippen LogP contribution in [0, 0.1) is 0 Å². The van der Waals surface area contributed by atoms with E-state index in [1.807, 2.05) is 17.8 Å². The van der Waals surface area contributed by atoms with Crippen LogP contribution in [0.2, 0.25) is 0 Å². The Morgan fingerprint density at radius 2 is 2.00 bits per heavy atom. The Kier molecular flexibility index (Phi) is 7.86. The largest absolute Gasteiger partial charge is 0.310 e. The number of hydrogen-bond acceptors (Lipinski definition) is 2. The lowest BCUT2D eigenvalue weighted by atomic mass is 10.0. The van der Waals surface area contributed by atoms with Gasteiger partial charge in [0.2, 0.25) is 0 Å². The summed E-state index contributed by atoms with van der Waals surface area (Å²) in [6.45, 7) is 9.16. The fourth-order valence-electron chi connectivity index (χ4n) is 2.06. The average Bonchev–Trinajstić information content (AvgIpc) is 2.39. The Labute approximate surface area is 116 Å². The minimum atomic E-state index is 0.482. The SMILES string of the molecule is C=CCCCC(NCC)c1ccc(SCC)cc1. The summed E-state index contributed by atoms with van der Waals surface area (Å²) in [7, 11) is 0. The number of benzene rings is 1. The van der Waals surface area contributed by atoms with Crippen LogP contribution in [0.3, 0.4) is 0 Å². The molecule has 1 nitrogen and oxygen atoms in total. The van der Waals surface area contributed by atoms with Gasteiger partial charge in [0.05, 0.1) is 0 Å². The lowest BCUT2D eigenvalue weighted by Gasteiger charge is -2.18. The summed E-state index contributed by atoms with van der Waals surface area (Å²) in [5, 5.41) is 3.57. The molecule has 1 rings (SSSR count). The molecule has 0 aliphatic carbocycles. The first-order valence-corrected chi connectivity index (χ1v) is 7.87. The van der Waals surface area contributed by atoms with Crippen molar-refractivity contribution in [3.63, 3.8) is 0 Å². The summed E-state index contributed by atoms with van der Waals surface area (Å²) < 4.78 is 0. The number of unbranched alkanes of at least 4 members (excludes halogenated alkanes) is 1. The molecule has 0 aromatic heterocycles. The number of hydrogen-bond donors (Lipinski definition) is 1. The smallest absolute Gasteiger partial charge is 0.0320 e. The lowest BCUT2D eigenvalue weighted by molar-refractivity contribution is 0.500. The molecule has 0 saturated heterocycles. The van der Waals surface area contributed by atoms with Gasteiger partial charge in [0, 0.05) is 10.9 Å². The van der Waals surface area contributed by atoms with Crippen molar-refractivity contribution in [1.82, 2.24) is 5.32 Å². The van der Waals surface area contributed by atoms with Crippen molar-refractivity contribution in [2.45, 2.75) is 44.0 Å². The highest BCUT2D eigenvalue weighted by atomic mass is 32.2. The second-order valence-corrected chi connectivity index (χ2v) is 5.67. The molecular formula is C16H25NS. The van der Waals surface area contributed by atoms with Crippen LogP contribution in [0.4, 0.5) is 0 Å². The third-order valence-electron chi connectivity index (χ3n) is 2.95. The number of thioether (sulfide) groups is 1. The van der Waals surface area contributed by atoms with Gasteiger partial charge in [0.15, 0.2) is 0 Å². The van der Waals surface area contributed by atoms with E-state index in [1.54, 1.807) is 0 Å². The highest BCUT2D eigenvalue weighted by Gasteiger charge is 2.09. The van der Waals surface area contributed by atoms with Crippen molar-refractivity contribution in [2.24, 2.45) is 0 Å². The molecule has 0 heterocycles. The molecule has 1 unspecified atom stereocenters. The van der Waals surface area contributed by atoms with Gasteiger partial charge in [-0.15, -0.1) is 18.3 Å². The summed E-state index contributed by atoms with van der Waals surface area (Å²) >= 11 is 1.90. The molecule has 1 N–H and O–H groups in total. The van der Waals surface area contributed by atoms with E-state index in [0.29, 0.717) is 6.04 Å². The van der Waals surface area contributed by atoms with Crippen molar-refractivity contribution in [3.05, 3.63) is 42.5 Å². The number of allylic oxidation sites excluding steroid dienone is 1. The van der Waals surface area contributed by atoms with E-state index in [4.69, 9.17) is 0 Å². The van der Waals surface area contributed by atoms with E-state index >= 15 is 0 Å². The Hall–Kier alpha value is -0.730. The van der Waals surface area contributed by atoms with Crippen molar-refractivity contribution >= 4 is 11.8 Å². The highest BCUT2D eigenvalue weighted by molar-refractivity contribution is 7.99. The Morgan fingerprint density at radius 3 is 2.56 bits per heavy atom. The highest BCUT2D eigenvalue weighted by Crippen LogP contribution is 2.23. The van der Waals surface area contributed by atoms with E-state index in [1.165, 1.54) is 23.3 Å². The monoisotopic (exact) mass is 263 g/mol. The van der Waals surface area contributed by atoms with Crippen LogP contribution < -0.4 is 5.32 Å². The van der Waals surface area contributed by atoms with Gasteiger partial charge in [-0.2, -0.15) is 0 Å². The van der Waals surface area contributed by atoms with E-state index in [-0.39, 0.29) is 0 Å². The molecule has 0 saturated carbocycles. The molecule has 100 valence electrons. The topological polar surface area (TPSA) is 12.0 Å². The average molecular weight is 263 g/mol. The van der Waals surface area contributed by atoms with Crippen molar-refractivity contribution in [2.75, 3.05) is 12.3 Å². The first-order chi connectivity index (χ1) is 8.81. The van der Waals surface area contributed by atoms with Crippen molar-refractivity contribution in [1.29, 1.82) is 0 Å². The van der Waals surface area contributed by atoms with Gasteiger partial charge in [0.25, 0.3) is 0 Å². The van der Waals surface area contributed by atoms with E-state index < -0.39 is 0 Å². The maximum atomic E-state index is 3.79.